The van der Waals surface area contributed by atoms with Gasteiger partial charge in [0, 0.05) is 5.88 Å². The molecule has 134 valence electrons. The lowest BCUT2D eigenvalue weighted by molar-refractivity contribution is -0.134. The molecular formula is C19H29ClN2O2. The summed E-state index contributed by atoms with van der Waals surface area (Å²) in [7, 11) is 0. The Hall–Kier alpha value is -1.55. The molecule has 4 nitrogen and oxygen atoms in total. The van der Waals surface area contributed by atoms with Gasteiger partial charge in [-0.05, 0) is 32.3 Å². The highest BCUT2D eigenvalue weighted by Gasteiger charge is 2.33. The molecule has 1 aromatic carbocycles. The lowest BCUT2D eigenvalue weighted by Gasteiger charge is -2.29. The van der Waals surface area contributed by atoms with Crippen molar-refractivity contribution >= 4 is 23.4 Å². The van der Waals surface area contributed by atoms with E-state index in [0.717, 1.165) is 12.0 Å². The van der Waals surface area contributed by atoms with Crippen LogP contribution in [0.3, 0.4) is 0 Å². The van der Waals surface area contributed by atoms with E-state index in [0.29, 0.717) is 0 Å². The van der Waals surface area contributed by atoms with Gasteiger partial charge in [0.2, 0.25) is 11.8 Å². The quantitative estimate of drug-likeness (QED) is 0.701. The second-order valence-electron chi connectivity index (χ2n) is 7.00. The standard InChI is InChI=1S/C19H29ClN2O2/c1-6-13(2)16(22-18(24)19(4,5)12-20)17(23)21-14(3)15-10-8-7-9-11-15/h7-11,13-14,16H,6,12H2,1-5H3,(H,21,23)(H,22,24). The van der Waals surface area contributed by atoms with Gasteiger partial charge in [0.25, 0.3) is 0 Å². The van der Waals surface area contributed by atoms with Crippen LogP contribution in [0.15, 0.2) is 30.3 Å². The highest BCUT2D eigenvalue weighted by atomic mass is 35.5. The van der Waals surface area contributed by atoms with E-state index in [-0.39, 0.29) is 29.7 Å². The van der Waals surface area contributed by atoms with Crippen LogP contribution in [0.2, 0.25) is 0 Å². The number of amides is 2. The summed E-state index contributed by atoms with van der Waals surface area (Å²) in [6.07, 6.45) is 0.791. The molecule has 0 spiro atoms. The summed E-state index contributed by atoms with van der Waals surface area (Å²) in [5.41, 5.74) is 0.319. The van der Waals surface area contributed by atoms with E-state index in [4.69, 9.17) is 11.6 Å². The molecule has 0 heterocycles. The average molecular weight is 353 g/mol. The maximum absolute atomic E-state index is 12.7. The second-order valence-corrected chi connectivity index (χ2v) is 7.26. The van der Waals surface area contributed by atoms with Gasteiger partial charge in [-0.15, -0.1) is 11.6 Å². The molecule has 0 radical (unpaired) electrons. The Bertz CT molecular complexity index is 546. The number of carbonyl (C=O) groups is 2. The normalized spacial score (nSPS) is 15.2. The number of alkyl halides is 1. The fourth-order valence-corrected chi connectivity index (χ4v) is 2.35. The fourth-order valence-electron chi connectivity index (χ4n) is 2.23. The summed E-state index contributed by atoms with van der Waals surface area (Å²) in [6.45, 7) is 9.45. The molecule has 3 unspecified atom stereocenters. The summed E-state index contributed by atoms with van der Waals surface area (Å²) in [6, 6.07) is 9.06. The van der Waals surface area contributed by atoms with E-state index < -0.39 is 11.5 Å². The average Bonchev–Trinajstić information content (AvgIpc) is 2.59. The van der Waals surface area contributed by atoms with E-state index in [1.807, 2.05) is 51.1 Å². The van der Waals surface area contributed by atoms with Gasteiger partial charge in [0.1, 0.15) is 6.04 Å². The van der Waals surface area contributed by atoms with Crippen molar-refractivity contribution in [3.8, 4) is 0 Å². The van der Waals surface area contributed by atoms with Crippen LogP contribution in [0.25, 0.3) is 0 Å². The minimum absolute atomic E-state index is 0.0306. The van der Waals surface area contributed by atoms with Crippen molar-refractivity contribution in [2.24, 2.45) is 11.3 Å². The van der Waals surface area contributed by atoms with Crippen molar-refractivity contribution in [3.05, 3.63) is 35.9 Å². The molecule has 0 bridgehead atoms. The first-order chi connectivity index (χ1) is 11.2. The van der Waals surface area contributed by atoms with Gasteiger partial charge >= 0.3 is 0 Å². The largest absolute Gasteiger partial charge is 0.348 e. The molecule has 2 N–H and O–H groups in total. The van der Waals surface area contributed by atoms with Crippen LogP contribution in [-0.2, 0) is 9.59 Å². The van der Waals surface area contributed by atoms with Gasteiger partial charge in [-0.3, -0.25) is 9.59 Å². The van der Waals surface area contributed by atoms with Crippen LogP contribution in [-0.4, -0.2) is 23.7 Å². The van der Waals surface area contributed by atoms with Crippen molar-refractivity contribution in [2.45, 2.75) is 53.1 Å². The first-order valence-corrected chi connectivity index (χ1v) is 8.98. The molecule has 0 aliphatic rings. The van der Waals surface area contributed by atoms with Crippen LogP contribution in [0.5, 0.6) is 0 Å². The van der Waals surface area contributed by atoms with Crippen molar-refractivity contribution in [3.63, 3.8) is 0 Å². The number of nitrogens with one attached hydrogen (secondary N) is 2. The van der Waals surface area contributed by atoms with Crippen LogP contribution in [0.4, 0.5) is 0 Å². The van der Waals surface area contributed by atoms with Gasteiger partial charge in [-0.1, -0.05) is 50.6 Å². The topological polar surface area (TPSA) is 58.2 Å². The molecule has 2 amide bonds. The molecule has 0 aliphatic carbocycles. The number of rotatable bonds is 8. The Balaban J connectivity index is 2.84. The van der Waals surface area contributed by atoms with E-state index in [9.17, 15) is 9.59 Å². The molecular weight excluding hydrogens is 324 g/mol. The zero-order chi connectivity index (χ0) is 18.3. The number of halogens is 1. The van der Waals surface area contributed by atoms with E-state index in [2.05, 4.69) is 10.6 Å². The number of hydrogen-bond donors (Lipinski definition) is 2. The van der Waals surface area contributed by atoms with Gasteiger partial charge < -0.3 is 10.6 Å². The summed E-state index contributed by atoms with van der Waals surface area (Å²) < 4.78 is 0. The molecule has 3 atom stereocenters. The summed E-state index contributed by atoms with van der Waals surface area (Å²) in [5.74, 6) is -0.138. The summed E-state index contributed by atoms with van der Waals surface area (Å²) >= 11 is 5.87. The van der Waals surface area contributed by atoms with Crippen molar-refractivity contribution in [1.29, 1.82) is 0 Å². The lowest BCUT2D eigenvalue weighted by Crippen LogP contribution is -2.53. The maximum atomic E-state index is 12.7. The van der Waals surface area contributed by atoms with E-state index >= 15 is 0 Å². The van der Waals surface area contributed by atoms with Crippen molar-refractivity contribution in [1.82, 2.24) is 10.6 Å². The Kier molecular flexibility index (Phi) is 7.74. The molecule has 0 aliphatic heterocycles. The molecule has 1 aromatic rings. The molecule has 0 saturated carbocycles. The first kappa shape index (κ1) is 20.5. The molecule has 5 heteroatoms. The third kappa shape index (κ3) is 5.52. The fraction of sp³-hybridized carbons (Fsp3) is 0.579. The maximum Gasteiger partial charge on any atom is 0.243 e. The molecule has 24 heavy (non-hydrogen) atoms. The Morgan fingerprint density at radius 3 is 2.21 bits per heavy atom. The lowest BCUT2D eigenvalue weighted by atomic mass is 9.92. The van der Waals surface area contributed by atoms with Gasteiger partial charge in [0.15, 0.2) is 0 Å². The number of hydrogen-bond acceptors (Lipinski definition) is 2. The van der Waals surface area contributed by atoms with Crippen LogP contribution < -0.4 is 10.6 Å². The van der Waals surface area contributed by atoms with Crippen LogP contribution in [0, 0.1) is 11.3 Å². The smallest absolute Gasteiger partial charge is 0.243 e. The monoisotopic (exact) mass is 352 g/mol. The van der Waals surface area contributed by atoms with E-state index in [1.165, 1.54) is 0 Å². The Labute approximate surface area is 150 Å². The van der Waals surface area contributed by atoms with Gasteiger partial charge in [-0.2, -0.15) is 0 Å². The SMILES string of the molecule is CCC(C)C(NC(=O)C(C)(C)CCl)C(=O)NC(C)c1ccccc1. The number of benzene rings is 1. The third-order valence-electron chi connectivity index (χ3n) is 4.39. The summed E-state index contributed by atoms with van der Waals surface area (Å²) in [4.78, 5) is 25.1. The second kappa shape index (κ2) is 9.07. The Morgan fingerprint density at radius 1 is 1.12 bits per heavy atom. The predicted molar refractivity (Wildman–Crippen MR) is 98.9 cm³/mol. The predicted octanol–water partition coefficient (Wildman–Crippen LogP) is 3.66. The minimum Gasteiger partial charge on any atom is -0.348 e. The highest BCUT2D eigenvalue weighted by Crippen LogP contribution is 2.19. The Morgan fingerprint density at radius 2 is 1.71 bits per heavy atom. The van der Waals surface area contributed by atoms with Crippen molar-refractivity contribution in [2.75, 3.05) is 5.88 Å². The molecule has 0 saturated heterocycles. The first-order valence-electron chi connectivity index (χ1n) is 8.45. The van der Waals surface area contributed by atoms with Gasteiger partial charge in [0.05, 0.1) is 11.5 Å². The third-order valence-corrected chi connectivity index (χ3v) is 5.06. The van der Waals surface area contributed by atoms with E-state index in [1.54, 1.807) is 13.8 Å². The van der Waals surface area contributed by atoms with Crippen LogP contribution in [0.1, 0.15) is 52.6 Å². The zero-order valence-corrected chi connectivity index (χ0v) is 16.0. The molecule has 0 fully saturated rings. The number of carbonyl (C=O) groups excluding carboxylic acids is 2. The highest BCUT2D eigenvalue weighted by molar-refractivity contribution is 6.19. The zero-order valence-electron chi connectivity index (χ0n) is 15.2. The molecule has 0 aromatic heterocycles. The minimum atomic E-state index is -0.710. The van der Waals surface area contributed by atoms with Gasteiger partial charge in [-0.25, -0.2) is 0 Å². The summed E-state index contributed by atoms with van der Waals surface area (Å²) in [5, 5.41) is 5.88. The van der Waals surface area contributed by atoms with Crippen LogP contribution >= 0.6 is 11.6 Å². The van der Waals surface area contributed by atoms with Crippen molar-refractivity contribution < 1.29 is 9.59 Å². The molecule has 1 rings (SSSR count).